The summed E-state index contributed by atoms with van der Waals surface area (Å²) in [5.41, 5.74) is 2.51. The molecule has 0 aliphatic rings. The van der Waals surface area contributed by atoms with Crippen LogP contribution in [0.2, 0.25) is 0 Å². The summed E-state index contributed by atoms with van der Waals surface area (Å²) in [7, 11) is 0. The monoisotopic (exact) mass is 311 g/mol. The van der Waals surface area contributed by atoms with E-state index < -0.39 is 0 Å². The van der Waals surface area contributed by atoms with Crippen LogP contribution in [0.25, 0.3) is 11.0 Å². The van der Waals surface area contributed by atoms with Crippen LogP contribution in [0.15, 0.2) is 21.4 Å². The van der Waals surface area contributed by atoms with Gasteiger partial charge in [-0.1, -0.05) is 20.3 Å². The van der Waals surface area contributed by atoms with Crippen LogP contribution in [0.1, 0.15) is 33.1 Å². The van der Waals surface area contributed by atoms with Gasteiger partial charge in [-0.15, -0.1) is 0 Å². The number of halogens is 1. The maximum atomic E-state index is 11.2. The topological polar surface area (TPSA) is 60.7 Å². The third kappa shape index (κ3) is 2.77. The lowest BCUT2D eigenvalue weighted by atomic mass is 10.1. The second-order valence-corrected chi connectivity index (χ2v) is 5.35. The molecule has 0 saturated carbocycles. The number of anilines is 1. The van der Waals surface area contributed by atoms with Crippen LogP contribution in [0.4, 0.5) is 5.69 Å². The summed E-state index contributed by atoms with van der Waals surface area (Å²) in [6.45, 7) is 4.37. The minimum Gasteiger partial charge on any atom is -0.381 e. The van der Waals surface area contributed by atoms with Crippen LogP contribution < -0.4 is 11.0 Å². The van der Waals surface area contributed by atoms with E-state index in [1.54, 1.807) is 0 Å². The highest BCUT2D eigenvalue weighted by molar-refractivity contribution is 9.10. The van der Waals surface area contributed by atoms with E-state index in [0.29, 0.717) is 6.04 Å². The van der Waals surface area contributed by atoms with E-state index in [9.17, 15) is 4.79 Å². The van der Waals surface area contributed by atoms with Crippen molar-refractivity contribution in [2.45, 2.75) is 39.2 Å². The SMILES string of the molecule is CCCC(CC)Nc1cc2[nH]c(=O)[nH]c2cc1Br. The van der Waals surface area contributed by atoms with Crippen LogP contribution in [0.3, 0.4) is 0 Å². The lowest BCUT2D eigenvalue weighted by Crippen LogP contribution is -2.18. The molecule has 0 bridgehead atoms. The predicted octanol–water partition coefficient (Wildman–Crippen LogP) is 3.61. The lowest BCUT2D eigenvalue weighted by molar-refractivity contribution is 0.622. The van der Waals surface area contributed by atoms with Gasteiger partial charge in [0, 0.05) is 10.5 Å². The standard InChI is InChI=1S/C13H18BrN3O/c1-3-5-8(4-2)15-10-7-12-11(6-9(10)14)16-13(18)17-12/h6-8,15H,3-5H2,1-2H3,(H2,16,17,18). The zero-order valence-corrected chi connectivity index (χ0v) is 12.2. The minimum absolute atomic E-state index is 0.172. The molecule has 1 aromatic heterocycles. The van der Waals surface area contributed by atoms with Gasteiger partial charge in [-0.2, -0.15) is 0 Å². The van der Waals surface area contributed by atoms with E-state index in [-0.39, 0.29) is 5.69 Å². The Morgan fingerprint density at radius 2 is 1.94 bits per heavy atom. The van der Waals surface area contributed by atoms with Crippen molar-refractivity contribution >= 4 is 32.7 Å². The number of aromatic amines is 2. The molecule has 0 saturated heterocycles. The molecule has 0 spiro atoms. The number of aromatic nitrogens is 2. The van der Waals surface area contributed by atoms with E-state index >= 15 is 0 Å². The fourth-order valence-electron chi connectivity index (χ4n) is 2.11. The van der Waals surface area contributed by atoms with Crippen LogP contribution in [0.5, 0.6) is 0 Å². The van der Waals surface area contributed by atoms with Crippen molar-refractivity contribution in [3.05, 3.63) is 27.1 Å². The average molecular weight is 312 g/mol. The first kappa shape index (κ1) is 13.2. The summed E-state index contributed by atoms with van der Waals surface area (Å²) in [6, 6.07) is 4.36. The molecule has 18 heavy (non-hydrogen) atoms. The molecule has 2 aromatic rings. The Morgan fingerprint density at radius 3 is 2.56 bits per heavy atom. The molecule has 1 atom stereocenters. The molecule has 0 fully saturated rings. The number of H-pyrrole nitrogens is 2. The molecular formula is C13H18BrN3O. The first-order valence-corrected chi connectivity index (χ1v) is 7.11. The highest BCUT2D eigenvalue weighted by Crippen LogP contribution is 2.27. The first-order valence-electron chi connectivity index (χ1n) is 6.32. The van der Waals surface area contributed by atoms with Gasteiger partial charge in [-0.25, -0.2) is 4.79 Å². The van der Waals surface area contributed by atoms with Crippen molar-refractivity contribution in [2.24, 2.45) is 0 Å². The average Bonchev–Trinajstić information content (AvgIpc) is 2.68. The van der Waals surface area contributed by atoms with Crippen molar-refractivity contribution in [1.29, 1.82) is 0 Å². The van der Waals surface area contributed by atoms with Gasteiger partial charge in [0.1, 0.15) is 0 Å². The van der Waals surface area contributed by atoms with Crippen molar-refractivity contribution in [1.82, 2.24) is 9.97 Å². The van der Waals surface area contributed by atoms with E-state index in [1.165, 1.54) is 0 Å². The summed E-state index contributed by atoms with van der Waals surface area (Å²) < 4.78 is 0.972. The van der Waals surface area contributed by atoms with Gasteiger partial charge >= 0.3 is 5.69 Å². The molecule has 98 valence electrons. The predicted molar refractivity (Wildman–Crippen MR) is 79.2 cm³/mol. The summed E-state index contributed by atoms with van der Waals surface area (Å²) >= 11 is 3.54. The number of rotatable bonds is 5. The van der Waals surface area contributed by atoms with Crippen molar-refractivity contribution < 1.29 is 0 Å². The number of hydrogen-bond donors (Lipinski definition) is 3. The molecule has 2 rings (SSSR count). The molecule has 1 unspecified atom stereocenters. The molecule has 0 aliphatic heterocycles. The zero-order chi connectivity index (χ0) is 13.1. The number of hydrogen-bond acceptors (Lipinski definition) is 2. The third-order valence-corrected chi connectivity index (χ3v) is 3.75. The van der Waals surface area contributed by atoms with Crippen LogP contribution in [-0.4, -0.2) is 16.0 Å². The van der Waals surface area contributed by atoms with Crippen LogP contribution in [0, 0.1) is 0 Å². The van der Waals surface area contributed by atoms with Gasteiger partial charge in [0.2, 0.25) is 0 Å². The van der Waals surface area contributed by atoms with Gasteiger partial charge in [-0.3, -0.25) is 0 Å². The summed E-state index contributed by atoms with van der Waals surface area (Å²) in [5.74, 6) is 0. The van der Waals surface area contributed by atoms with E-state index in [0.717, 1.165) is 40.5 Å². The lowest BCUT2D eigenvalue weighted by Gasteiger charge is -2.18. The Balaban J connectivity index is 2.31. The smallest absolute Gasteiger partial charge is 0.323 e. The molecule has 1 heterocycles. The molecule has 3 N–H and O–H groups in total. The van der Waals surface area contributed by atoms with Crippen LogP contribution in [-0.2, 0) is 0 Å². The summed E-state index contributed by atoms with van der Waals surface area (Å²) in [4.78, 5) is 16.8. The maximum Gasteiger partial charge on any atom is 0.323 e. The number of benzene rings is 1. The quantitative estimate of drug-likeness (QED) is 0.790. The second-order valence-electron chi connectivity index (χ2n) is 4.49. The first-order chi connectivity index (χ1) is 8.63. The van der Waals surface area contributed by atoms with Gasteiger partial charge < -0.3 is 15.3 Å². The number of fused-ring (bicyclic) bond motifs is 1. The summed E-state index contributed by atoms with van der Waals surface area (Å²) in [6.07, 6.45) is 3.39. The van der Waals surface area contributed by atoms with E-state index in [2.05, 4.69) is 45.1 Å². The van der Waals surface area contributed by atoms with E-state index in [1.807, 2.05) is 12.1 Å². The summed E-state index contributed by atoms with van der Waals surface area (Å²) in [5, 5.41) is 3.52. The Hall–Kier alpha value is -1.23. The highest BCUT2D eigenvalue weighted by atomic mass is 79.9. The Morgan fingerprint density at radius 1 is 1.28 bits per heavy atom. The highest BCUT2D eigenvalue weighted by Gasteiger charge is 2.09. The van der Waals surface area contributed by atoms with Gasteiger partial charge in [0.25, 0.3) is 0 Å². The van der Waals surface area contributed by atoms with Crippen molar-refractivity contribution in [3.63, 3.8) is 0 Å². The largest absolute Gasteiger partial charge is 0.381 e. The van der Waals surface area contributed by atoms with Gasteiger partial charge in [0.15, 0.2) is 0 Å². The maximum absolute atomic E-state index is 11.2. The second kappa shape index (κ2) is 5.61. The molecule has 5 heteroatoms. The number of imidazole rings is 1. The molecule has 0 radical (unpaired) electrons. The Labute approximate surface area is 114 Å². The van der Waals surface area contributed by atoms with Gasteiger partial charge in [0.05, 0.1) is 16.7 Å². The molecular weight excluding hydrogens is 294 g/mol. The Bertz CT molecular complexity index is 587. The number of nitrogens with one attached hydrogen (secondary N) is 3. The molecule has 0 amide bonds. The van der Waals surface area contributed by atoms with Crippen molar-refractivity contribution in [3.8, 4) is 0 Å². The third-order valence-electron chi connectivity index (χ3n) is 3.09. The van der Waals surface area contributed by atoms with E-state index in [4.69, 9.17) is 0 Å². The van der Waals surface area contributed by atoms with Crippen molar-refractivity contribution in [2.75, 3.05) is 5.32 Å². The molecule has 4 nitrogen and oxygen atoms in total. The Kier molecular flexibility index (Phi) is 4.11. The zero-order valence-electron chi connectivity index (χ0n) is 10.6. The minimum atomic E-state index is -0.172. The van der Waals surface area contributed by atoms with Crippen LogP contribution >= 0.6 is 15.9 Å². The fourth-order valence-corrected chi connectivity index (χ4v) is 2.57. The molecule has 1 aromatic carbocycles. The fraction of sp³-hybridized carbons (Fsp3) is 0.462. The molecule has 0 aliphatic carbocycles. The van der Waals surface area contributed by atoms with Gasteiger partial charge in [-0.05, 0) is 40.9 Å². The normalized spacial score (nSPS) is 12.8.